The van der Waals surface area contributed by atoms with Gasteiger partial charge in [0.1, 0.15) is 0 Å². The van der Waals surface area contributed by atoms with Gasteiger partial charge in [-0.05, 0) is 30.7 Å². The molecule has 2 aromatic rings. The number of hydrogen-bond donors (Lipinski definition) is 2. The van der Waals surface area contributed by atoms with Gasteiger partial charge >= 0.3 is 0 Å². The van der Waals surface area contributed by atoms with Crippen molar-refractivity contribution in [3.05, 3.63) is 64.2 Å². The molecule has 0 aliphatic rings. The van der Waals surface area contributed by atoms with E-state index in [9.17, 15) is 13.6 Å². The maximum Gasteiger partial charge on any atom is 0.253 e. The lowest BCUT2D eigenvalue weighted by Crippen LogP contribution is -2.27. The molecule has 0 bridgehead atoms. The van der Waals surface area contributed by atoms with E-state index in [0.717, 1.165) is 17.7 Å². The first-order valence-corrected chi connectivity index (χ1v) is 6.57. The number of rotatable bonds is 3. The Labute approximate surface area is 125 Å². The molecule has 110 valence electrons. The lowest BCUT2D eigenvalue weighted by molar-refractivity contribution is 0.0940. The molecule has 0 aliphatic carbocycles. The molecule has 3 N–H and O–H groups in total. The molecule has 0 aliphatic heterocycles. The summed E-state index contributed by atoms with van der Waals surface area (Å²) in [6, 6.07) is 8.19. The van der Waals surface area contributed by atoms with Crippen LogP contribution in [0.5, 0.6) is 0 Å². The number of nitrogens with two attached hydrogens (primary N) is 1. The molecule has 3 nitrogen and oxygen atoms in total. The van der Waals surface area contributed by atoms with Crippen LogP contribution < -0.4 is 11.1 Å². The highest BCUT2D eigenvalue weighted by Gasteiger charge is 2.17. The Morgan fingerprint density at radius 1 is 1.24 bits per heavy atom. The monoisotopic (exact) mass is 310 g/mol. The minimum atomic E-state index is -1.12. The molecule has 2 aromatic carbocycles. The Balaban J connectivity index is 2.20. The standard InChI is InChI=1S/C15H13ClF2N2O/c1-8(9-3-2-4-10(16)5-9)20-15(21)11-6-12(17)13(18)7-14(11)19/h2-8H,19H2,1H3,(H,20,21). The first kappa shape index (κ1) is 15.3. The van der Waals surface area contributed by atoms with Gasteiger partial charge in [0.2, 0.25) is 0 Å². The van der Waals surface area contributed by atoms with Gasteiger partial charge in [0, 0.05) is 16.8 Å². The van der Waals surface area contributed by atoms with Crippen LogP contribution in [0.25, 0.3) is 0 Å². The van der Waals surface area contributed by atoms with E-state index in [0.29, 0.717) is 5.02 Å². The number of halogens is 3. The first-order valence-electron chi connectivity index (χ1n) is 6.19. The summed E-state index contributed by atoms with van der Waals surface area (Å²) in [5.41, 5.74) is 6.10. The Kier molecular flexibility index (Phi) is 4.43. The average Bonchev–Trinajstić information content (AvgIpc) is 2.42. The molecule has 0 saturated carbocycles. The van der Waals surface area contributed by atoms with Crippen molar-refractivity contribution in [1.29, 1.82) is 0 Å². The van der Waals surface area contributed by atoms with Crippen LogP contribution in [0.15, 0.2) is 36.4 Å². The van der Waals surface area contributed by atoms with Gasteiger partial charge < -0.3 is 11.1 Å². The van der Waals surface area contributed by atoms with Crippen molar-refractivity contribution in [3.63, 3.8) is 0 Å². The highest BCUT2D eigenvalue weighted by molar-refractivity contribution is 6.30. The summed E-state index contributed by atoms with van der Waals surface area (Å²) in [4.78, 5) is 12.1. The largest absolute Gasteiger partial charge is 0.398 e. The molecule has 6 heteroatoms. The van der Waals surface area contributed by atoms with Crippen molar-refractivity contribution in [3.8, 4) is 0 Å². The van der Waals surface area contributed by atoms with E-state index in [1.807, 2.05) is 0 Å². The molecule has 0 saturated heterocycles. The lowest BCUT2D eigenvalue weighted by atomic mass is 10.1. The van der Waals surface area contributed by atoms with E-state index in [1.165, 1.54) is 0 Å². The average molecular weight is 311 g/mol. The summed E-state index contributed by atoms with van der Waals surface area (Å²) in [5, 5.41) is 3.20. The summed E-state index contributed by atoms with van der Waals surface area (Å²) >= 11 is 5.88. The van der Waals surface area contributed by atoms with E-state index >= 15 is 0 Å². The van der Waals surface area contributed by atoms with E-state index < -0.39 is 17.5 Å². The van der Waals surface area contributed by atoms with Gasteiger partial charge in [-0.15, -0.1) is 0 Å². The number of benzene rings is 2. The summed E-state index contributed by atoms with van der Waals surface area (Å²) in [6.07, 6.45) is 0. The molecular weight excluding hydrogens is 298 g/mol. The summed E-state index contributed by atoms with van der Waals surface area (Å²) < 4.78 is 26.2. The summed E-state index contributed by atoms with van der Waals surface area (Å²) in [5.74, 6) is -2.80. The molecule has 0 fully saturated rings. The SMILES string of the molecule is CC(NC(=O)c1cc(F)c(F)cc1N)c1cccc(Cl)c1. The van der Waals surface area contributed by atoms with E-state index in [-0.39, 0.29) is 17.3 Å². The molecule has 0 aromatic heterocycles. The fraction of sp³-hybridized carbons (Fsp3) is 0.133. The van der Waals surface area contributed by atoms with Crippen molar-refractivity contribution >= 4 is 23.2 Å². The third kappa shape index (κ3) is 3.49. The number of nitrogen functional groups attached to an aromatic ring is 1. The Bertz CT molecular complexity index is 691. The van der Waals surface area contributed by atoms with Crippen molar-refractivity contribution in [1.82, 2.24) is 5.32 Å². The van der Waals surface area contributed by atoms with E-state index in [1.54, 1.807) is 31.2 Å². The van der Waals surface area contributed by atoms with Crippen molar-refractivity contribution in [2.45, 2.75) is 13.0 Å². The lowest BCUT2D eigenvalue weighted by Gasteiger charge is -2.15. The fourth-order valence-corrected chi connectivity index (χ4v) is 2.09. The van der Waals surface area contributed by atoms with Crippen LogP contribution in [0.1, 0.15) is 28.9 Å². The maximum atomic E-state index is 13.2. The number of nitrogens with one attached hydrogen (secondary N) is 1. The van der Waals surface area contributed by atoms with Gasteiger partial charge in [0.25, 0.3) is 5.91 Å². The molecule has 1 amide bonds. The topological polar surface area (TPSA) is 55.1 Å². The van der Waals surface area contributed by atoms with Gasteiger partial charge in [-0.25, -0.2) is 8.78 Å². The van der Waals surface area contributed by atoms with Gasteiger partial charge in [-0.2, -0.15) is 0 Å². The van der Waals surface area contributed by atoms with Crippen LogP contribution >= 0.6 is 11.6 Å². The van der Waals surface area contributed by atoms with E-state index in [4.69, 9.17) is 17.3 Å². The number of carbonyl (C=O) groups excluding carboxylic acids is 1. The Morgan fingerprint density at radius 3 is 2.57 bits per heavy atom. The highest BCUT2D eigenvalue weighted by Crippen LogP contribution is 2.20. The summed E-state index contributed by atoms with van der Waals surface area (Å²) in [6.45, 7) is 1.75. The van der Waals surface area contributed by atoms with Crippen molar-refractivity contribution < 1.29 is 13.6 Å². The molecule has 0 spiro atoms. The predicted molar refractivity (Wildman–Crippen MR) is 78.1 cm³/mol. The maximum absolute atomic E-state index is 13.2. The first-order chi connectivity index (χ1) is 9.88. The van der Waals surface area contributed by atoms with Crippen molar-refractivity contribution in [2.75, 3.05) is 5.73 Å². The Hall–Kier alpha value is -2.14. The smallest absolute Gasteiger partial charge is 0.253 e. The third-order valence-corrected chi connectivity index (χ3v) is 3.27. The zero-order valence-corrected chi connectivity index (χ0v) is 11.9. The molecule has 2 rings (SSSR count). The van der Waals surface area contributed by atoms with Crippen LogP contribution in [0.3, 0.4) is 0 Å². The second-order valence-electron chi connectivity index (χ2n) is 4.60. The van der Waals surface area contributed by atoms with Crippen LogP contribution in [0.2, 0.25) is 5.02 Å². The third-order valence-electron chi connectivity index (χ3n) is 3.03. The highest BCUT2D eigenvalue weighted by atomic mass is 35.5. The van der Waals surface area contributed by atoms with Gasteiger partial charge in [0.05, 0.1) is 11.6 Å². The minimum absolute atomic E-state index is 0.109. The summed E-state index contributed by atoms with van der Waals surface area (Å²) in [7, 11) is 0. The number of carbonyl (C=O) groups is 1. The predicted octanol–water partition coefficient (Wildman–Crippen LogP) is 3.69. The normalized spacial score (nSPS) is 12.0. The molecule has 0 heterocycles. The zero-order chi connectivity index (χ0) is 15.6. The van der Waals surface area contributed by atoms with Crippen LogP contribution in [-0.4, -0.2) is 5.91 Å². The number of hydrogen-bond acceptors (Lipinski definition) is 2. The fourth-order valence-electron chi connectivity index (χ4n) is 1.89. The van der Waals surface area contributed by atoms with Crippen molar-refractivity contribution in [2.24, 2.45) is 0 Å². The molecule has 1 unspecified atom stereocenters. The molecule has 21 heavy (non-hydrogen) atoms. The molecule has 1 atom stereocenters. The van der Waals surface area contributed by atoms with Crippen LogP contribution in [-0.2, 0) is 0 Å². The number of amides is 1. The van der Waals surface area contributed by atoms with E-state index in [2.05, 4.69) is 5.32 Å². The van der Waals surface area contributed by atoms with Gasteiger partial charge in [-0.3, -0.25) is 4.79 Å². The van der Waals surface area contributed by atoms with Crippen LogP contribution in [0.4, 0.5) is 14.5 Å². The van der Waals surface area contributed by atoms with Gasteiger partial charge in [-0.1, -0.05) is 23.7 Å². The quantitative estimate of drug-likeness (QED) is 0.849. The minimum Gasteiger partial charge on any atom is -0.398 e. The molecule has 0 radical (unpaired) electrons. The second-order valence-corrected chi connectivity index (χ2v) is 5.04. The zero-order valence-electron chi connectivity index (χ0n) is 11.2. The Morgan fingerprint density at radius 2 is 1.90 bits per heavy atom. The second kappa shape index (κ2) is 6.10. The molecular formula is C15H13ClF2N2O. The number of anilines is 1. The van der Waals surface area contributed by atoms with Gasteiger partial charge in [0.15, 0.2) is 11.6 Å². The van der Waals surface area contributed by atoms with Crippen LogP contribution in [0, 0.1) is 11.6 Å².